The van der Waals surface area contributed by atoms with E-state index in [1.165, 1.54) is 52.5 Å². The predicted molar refractivity (Wildman–Crippen MR) is 117 cm³/mol. The molecule has 0 saturated heterocycles. The number of β-amino-alcohol motifs (C(OH)–C–C–N with tert-alkyl or cyclic N) is 1. The van der Waals surface area contributed by atoms with Crippen molar-refractivity contribution in [3.8, 4) is 5.75 Å². The van der Waals surface area contributed by atoms with Crippen molar-refractivity contribution in [2.75, 3.05) is 19.7 Å². The van der Waals surface area contributed by atoms with Crippen molar-refractivity contribution >= 4 is 10.9 Å². The van der Waals surface area contributed by atoms with Gasteiger partial charge < -0.3 is 14.4 Å². The highest BCUT2D eigenvalue weighted by molar-refractivity contribution is 5.87. The fourth-order valence-electron chi connectivity index (χ4n) is 5.16. The normalized spacial score (nSPS) is 19.9. The van der Waals surface area contributed by atoms with Crippen LogP contribution in [-0.2, 0) is 13.0 Å². The minimum absolute atomic E-state index is 0.335. The maximum absolute atomic E-state index is 10.7. The summed E-state index contributed by atoms with van der Waals surface area (Å²) in [6.07, 6.45) is 3.08. The third-order valence-electron chi connectivity index (χ3n) is 6.55. The Morgan fingerprint density at radius 1 is 1.07 bits per heavy atom. The summed E-state index contributed by atoms with van der Waals surface area (Å²) >= 11 is 0. The summed E-state index contributed by atoms with van der Waals surface area (Å²) in [5.74, 6) is 0.823. The standard InChI is InChI=1S/C25H30N2O2/c1-17-6-9-20(10-7-17)29-16-19(28)15-26-12-13-27-23-11-8-18(2)14-22(23)21-4-3-5-24(26)25(21)27/h6-11,14,19,24,28H,3-5,12-13,15-16H2,1-2H3/t19-,24+/m1/s1. The van der Waals surface area contributed by atoms with Crippen molar-refractivity contribution in [1.82, 2.24) is 9.47 Å². The lowest BCUT2D eigenvalue weighted by Crippen LogP contribution is -2.44. The predicted octanol–water partition coefficient (Wildman–Crippen LogP) is 4.39. The van der Waals surface area contributed by atoms with E-state index in [1.807, 2.05) is 24.3 Å². The Balaban J connectivity index is 1.33. The first-order valence-electron chi connectivity index (χ1n) is 10.8. The molecular formula is C25H30N2O2. The van der Waals surface area contributed by atoms with Crippen LogP contribution in [0.2, 0.25) is 0 Å². The molecular weight excluding hydrogens is 360 g/mol. The molecule has 0 spiro atoms. The third kappa shape index (κ3) is 3.45. The van der Waals surface area contributed by atoms with Crippen molar-refractivity contribution < 1.29 is 9.84 Å². The Kier molecular flexibility index (Phi) is 4.84. The molecule has 2 aliphatic rings. The monoisotopic (exact) mass is 390 g/mol. The van der Waals surface area contributed by atoms with Crippen LogP contribution < -0.4 is 4.74 Å². The van der Waals surface area contributed by atoms with Crippen molar-refractivity contribution in [2.24, 2.45) is 0 Å². The zero-order valence-electron chi connectivity index (χ0n) is 17.4. The lowest BCUT2D eigenvalue weighted by molar-refractivity contribution is 0.0375. The fourth-order valence-corrected chi connectivity index (χ4v) is 5.16. The smallest absolute Gasteiger partial charge is 0.119 e. The molecule has 2 aromatic carbocycles. The molecule has 4 nitrogen and oxygen atoms in total. The van der Waals surface area contributed by atoms with E-state index in [2.05, 4.69) is 41.5 Å². The number of benzene rings is 2. The number of aromatic nitrogens is 1. The van der Waals surface area contributed by atoms with Crippen LogP contribution in [0.25, 0.3) is 10.9 Å². The van der Waals surface area contributed by atoms with E-state index in [4.69, 9.17) is 4.74 Å². The molecule has 0 fully saturated rings. The van der Waals surface area contributed by atoms with Crippen LogP contribution in [0.4, 0.5) is 0 Å². The second-order valence-electron chi connectivity index (χ2n) is 8.72. The summed E-state index contributed by atoms with van der Waals surface area (Å²) < 4.78 is 8.36. The fraction of sp³-hybridized carbons (Fsp3) is 0.440. The minimum atomic E-state index is -0.486. The molecule has 3 aromatic rings. The molecule has 2 atom stereocenters. The van der Waals surface area contributed by atoms with Gasteiger partial charge in [-0.1, -0.05) is 29.3 Å². The number of ether oxygens (including phenoxy) is 1. The van der Waals surface area contributed by atoms with E-state index < -0.39 is 6.10 Å². The summed E-state index contributed by atoms with van der Waals surface area (Å²) in [6, 6.07) is 15.3. The second-order valence-corrected chi connectivity index (χ2v) is 8.72. The highest BCUT2D eigenvalue weighted by Gasteiger charge is 2.35. The van der Waals surface area contributed by atoms with E-state index in [0.29, 0.717) is 19.2 Å². The largest absolute Gasteiger partial charge is 0.491 e. The van der Waals surface area contributed by atoms with E-state index >= 15 is 0 Å². The zero-order chi connectivity index (χ0) is 20.0. The molecule has 1 aromatic heterocycles. The Hall–Kier alpha value is -2.30. The molecule has 152 valence electrons. The van der Waals surface area contributed by atoms with Gasteiger partial charge in [-0.05, 0) is 62.9 Å². The topological polar surface area (TPSA) is 37.6 Å². The van der Waals surface area contributed by atoms with Gasteiger partial charge in [-0.3, -0.25) is 4.90 Å². The number of aryl methyl sites for hydroxylation is 3. The van der Waals surface area contributed by atoms with Crippen LogP contribution in [0.5, 0.6) is 5.75 Å². The number of hydrogen-bond donors (Lipinski definition) is 1. The average Bonchev–Trinajstić information content (AvgIpc) is 3.04. The van der Waals surface area contributed by atoms with Crippen molar-refractivity contribution in [3.63, 3.8) is 0 Å². The molecule has 0 radical (unpaired) electrons. The number of fused-ring (bicyclic) bond motifs is 3. The second kappa shape index (κ2) is 7.51. The first-order chi connectivity index (χ1) is 14.1. The lowest BCUT2D eigenvalue weighted by Gasteiger charge is -2.40. The van der Waals surface area contributed by atoms with Gasteiger partial charge in [0.1, 0.15) is 18.5 Å². The Morgan fingerprint density at radius 3 is 2.69 bits per heavy atom. The van der Waals surface area contributed by atoms with Crippen LogP contribution in [0, 0.1) is 13.8 Å². The maximum Gasteiger partial charge on any atom is 0.119 e. The molecule has 0 amide bonds. The van der Waals surface area contributed by atoms with Crippen LogP contribution in [0.1, 0.15) is 41.3 Å². The van der Waals surface area contributed by atoms with Gasteiger partial charge in [0, 0.05) is 36.2 Å². The van der Waals surface area contributed by atoms with Gasteiger partial charge in [0.2, 0.25) is 0 Å². The van der Waals surface area contributed by atoms with Crippen LogP contribution in [-0.4, -0.2) is 40.4 Å². The van der Waals surface area contributed by atoms with Crippen LogP contribution in [0.3, 0.4) is 0 Å². The number of nitrogens with zero attached hydrogens (tertiary/aromatic N) is 2. The molecule has 1 aliphatic heterocycles. The summed E-state index contributed by atoms with van der Waals surface area (Å²) in [5.41, 5.74) is 6.96. The highest BCUT2D eigenvalue weighted by atomic mass is 16.5. The molecule has 2 heterocycles. The number of hydrogen-bond acceptors (Lipinski definition) is 3. The minimum Gasteiger partial charge on any atom is -0.491 e. The summed E-state index contributed by atoms with van der Waals surface area (Å²) in [7, 11) is 0. The summed E-state index contributed by atoms with van der Waals surface area (Å²) in [5, 5.41) is 12.1. The number of rotatable bonds is 5. The van der Waals surface area contributed by atoms with Gasteiger partial charge in [0.15, 0.2) is 0 Å². The van der Waals surface area contributed by atoms with Gasteiger partial charge in [-0.2, -0.15) is 0 Å². The molecule has 0 unspecified atom stereocenters. The van der Waals surface area contributed by atoms with E-state index in [0.717, 1.165) is 18.8 Å². The molecule has 1 N–H and O–H groups in total. The van der Waals surface area contributed by atoms with Gasteiger partial charge in [0.05, 0.1) is 6.04 Å². The zero-order valence-corrected chi connectivity index (χ0v) is 17.4. The summed E-state index contributed by atoms with van der Waals surface area (Å²) in [6.45, 7) is 7.22. The lowest BCUT2D eigenvalue weighted by atomic mass is 9.89. The molecule has 4 heteroatoms. The van der Waals surface area contributed by atoms with Gasteiger partial charge in [-0.15, -0.1) is 0 Å². The molecule has 1 aliphatic carbocycles. The molecule has 0 bridgehead atoms. The van der Waals surface area contributed by atoms with Crippen molar-refractivity contribution in [3.05, 3.63) is 64.8 Å². The quantitative estimate of drug-likeness (QED) is 0.702. The summed E-state index contributed by atoms with van der Waals surface area (Å²) in [4.78, 5) is 2.48. The van der Waals surface area contributed by atoms with Gasteiger partial charge in [-0.25, -0.2) is 0 Å². The van der Waals surface area contributed by atoms with E-state index in [1.54, 1.807) is 0 Å². The Morgan fingerprint density at radius 2 is 1.86 bits per heavy atom. The molecule has 29 heavy (non-hydrogen) atoms. The van der Waals surface area contributed by atoms with Crippen LogP contribution >= 0.6 is 0 Å². The Bertz CT molecular complexity index is 1020. The third-order valence-corrected chi connectivity index (χ3v) is 6.55. The van der Waals surface area contributed by atoms with Gasteiger partial charge in [0.25, 0.3) is 0 Å². The van der Waals surface area contributed by atoms with Crippen LogP contribution in [0.15, 0.2) is 42.5 Å². The van der Waals surface area contributed by atoms with Crippen molar-refractivity contribution in [2.45, 2.75) is 51.8 Å². The first kappa shape index (κ1) is 18.7. The number of aliphatic hydroxyl groups excluding tert-OH is 1. The maximum atomic E-state index is 10.7. The van der Waals surface area contributed by atoms with E-state index in [9.17, 15) is 5.11 Å². The highest BCUT2D eigenvalue weighted by Crippen LogP contribution is 2.42. The van der Waals surface area contributed by atoms with E-state index in [-0.39, 0.29) is 0 Å². The molecule has 0 saturated carbocycles. The molecule has 5 rings (SSSR count). The van der Waals surface area contributed by atoms with Crippen molar-refractivity contribution in [1.29, 1.82) is 0 Å². The average molecular weight is 391 g/mol. The Labute approximate surface area is 172 Å². The first-order valence-corrected chi connectivity index (χ1v) is 10.8. The number of aliphatic hydroxyl groups is 1. The van der Waals surface area contributed by atoms with Gasteiger partial charge >= 0.3 is 0 Å². The SMILES string of the molecule is Cc1ccc(OC[C@H](O)CN2CCn3c4c(c5cc(C)ccc53)CCC[C@@H]42)cc1.